The first kappa shape index (κ1) is 19.6. The lowest BCUT2D eigenvalue weighted by molar-refractivity contribution is 0.282. The molecule has 0 unspecified atom stereocenters. The Morgan fingerprint density at radius 2 is 1.67 bits per heavy atom. The number of hydrogen-bond acceptors (Lipinski definition) is 4. The van der Waals surface area contributed by atoms with Crippen LogP contribution in [0.5, 0.6) is 0 Å². The fourth-order valence-electron chi connectivity index (χ4n) is 3.28. The Morgan fingerprint density at radius 3 is 2.33 bits per heavy atom. The first-order valence-electron chi connectivity index (χ1n) is 9.73. The molecule has 1 N–H and O–H groups in total. The lowest BCUT2D eigenvalue weighted by atomic mass is 9.99. The van der Waals surface area contributed by atoms with E-state index in [1.54, 1.807) is 12.4 Å². The molecule has 30 heavy (non-hydrogen) atoms. The van der Waals surface area contributed by atoms with Crippen LogP contribution >= 0.6 is 0 Å². The Hall–Kier alpha value is -3.76. The standard InChI is InChI=1S/C26H22N2O2/c1-3-27-15-14-18(2)23-12-13-25-24(16-23)26(30-28-25)22-10-8-21(9-11-22)20-6-4-19(17-29)5-7-20/h3-16,29H,2,17H2,1H3/b15-14-,27-3?. The van der Waals surface area contributed by atoms with Gasteiger partial charge < -0.3 is 9.63 Å². The molecule has 4 aromatic rings. The summed E-state index contributed by atoms with van der Waals surface area (Å²) in [5.74, 6) is 0.734. The van der Waals surface area contributed by atoms with E-state index < -0.39 is 0 Å². The molecule has 0 bridgehead atoms. The number of hydrogen-bond donors (Lipinski definition) is 1. The van der Waals surface area contributed by atoms with Gasteiger partial charge in [0.2, 0.25) is 0 Å². The zero-order valence-corrected chi connectivity index (χ0v) is 16.7. The molecule has 0 aliphatic carbocycles. The second-order valence-electron chi connectivity index (χ2n) is 6.92. The average Bonchev–Trinajstić information content (AvgIpc) is 3.22. The minimum absolute atomic E-state index is 0.0494. The van der Waals surface area contributed by atoms with Crippen LogP contribution in [0, 0.1) is 0 Å². The quantitative estimate of drug-likeness (QED) is 0.310. The smallest absolute Gasteiger partial charge is 0.174 e. The van der Waals surface area contributed by atoms with Crippen LogP contribution in [-0.2, 0) is 6.61 Å². The molecule has 0 amide bonds. The Bertz CT molecular complexity index is 1230. The van der Waals surface area contributed by atoms with E-state index in [-0.39, 0.29) is 6.61 Å². The van der Waals surface area contributed by atoms with E-state index in [1.807, 2.05) is 67.6 Å². The van der Waals surface area contributed by atoms with Crippen LogP contribution in [0.4, 0.5) is 0 Å². The van der Waals surface area contributed by atoms with Crippen molar-refractivity contribution in [1.82, 2.24) is 5.16 Å². The van der Waals surface area contributed by atoms with Gasteiger partial charge in [0.25, 0.3) is 0 Å². The highest BCUT2D eigenvalue weighted by Gasteiger charge is 2.12. The summed E-state index contributed by atoms with van der Waals surface area (Å²) >= 11 is 0. The first-order chi connectivity index (χ1) is 14.7. The lowest BCUT2D eigenvalue weighted by Crippen LogP contribution is -1.84. The van der Waals surface area contributed by atoms with Crippen molar-refractivity contribution < 1.29 is 9.63 Å². The Balaban J connectivity index is 1.65. The third kappa shape index (κ3) is 4.00. The molecule has 1 aromatic heterocycles. The summed E-state index contributed by atoms with van der Waals surface area (Å²) in [6.45, 7) is 6.04. The van der Waals surface area contributed by atoms with Crippen LogP contribution in [-0.4, -0.2) is 16.5 Å². The highest BCUT2D eigenvalue weighted by molar-refractivity contribution is 5.94. The van der Waals surface area contributed by atoms with Gasteiger partial charge in [-0.05, 0) is 53.0 Å². The SMILES string of the molecule is C=C(/C=C\N=CC)c1ccc2noc(-c3ccc(-c4ccc(CO)cc4)cc3)c2c1. The largest absolute Gasteiger partial charge is 0.392 e. The van der Waals surface area contributed by atoms with Gasteiger partial charge in [0, 0.05) is 18.0 Å². The number of rotatable bonds is 6. The second kappa shape index (κ2) is 8.72. The van der Waals surface area contributed by atoms with Gasteiger partial charge in [-0.2, -0.15) is 0 Å². The van der Waals surface area contributed by atoms with Gasteiger partial charge in [-0.1, -0.05) is 66.3 Å². The average molecular weight is 394 g/mol. The summed E-state index contributed by atoms with van der Waals surface area (Å²) in [5, 5.41) is 14.3. The van der Waals surface area contributed by atoms with Crippen molar-refractivity contribution in [2.45, 2.75) is 13.5 Å². The molecule has 0 radical (unpaired) electrons. The Morgan fingerprint density at radius 1 is 1.00 bits per heavy atom. The van der Waals surface area contributed by atoms with Crippen LogP contribution in [0.25, 0.3) is 38.9 Å². The van der Waals surface area contributed by atoms with Gasteiger partial charge in [-0.3, -0.25) is 4.99 Å². The Labute approximate surface area is 175 Å². The predicted molar refractivity (Wildman–Crippen MR) is 123 cm³/mol. The van der Waals surface area contributed by atoms with Crippen molar-refractivity contribution in [3.63, 3.8) is 0 Å². The molecule has 0 fully saturated rings. The van der Waals surface area contributed by atoms with Crippen molar-refractivity contribution >= 4 is 22.7 Å². The maximum Gasteiger partial charge on any atom is 0.174 e. The molecule has 0 saturated heterocycles. The molecule has 0 spiro atoms. The van der Waals surface area contributed by atoms with Gasteiger partial charge in [-0.15, -0.1) is 0 Å². The number of nitrogens with zero attached hydrogens (tertiary/aromatic N) is 2. The topological polar surface area (TPSA) is 58.6 Å². The van der Waals surface area contributed by atoms with Gasteiger partial charge in [0.15, 0.2) is 5.76 Å². The van der Waals surface area contributed by atoms with Gasteiger partial charge in [-0.25, -0.2) is 0 Å². The van der Waals surface area contributed by atoms with E-state index in [1.165, 1.54) is 0 Å². The van der Waals surface area contributed by atoms with Crippen molar-refractivity contribution in [2.24, 2.45) is 4.99 Å². The van der Waals surface area contributed by atoms with Crippen molar-refractivity contribution in [3.05, 3.63) is 96.7 Å². The second-order valence-corrected chi connectivity index (χ2v) is 6.92. The van der Waals surface area contributed by atoms with Crippen LogP contribution in [0.3, 0.4) is 0 Å². The summed E-state index contributed by atoms with van der Waals surface area (Å²) < 4.78 is 5.66. The number of allylic oxidation sites excluding steroid dienone is 2. The number of fused-ring (bicyclic) bond motifs is 1. The highest BCUT2D eigenvalue weighted by Crippen LogP contribution is 2.32. The van der Waals surface area contributed by atoms with E-state index in [0.29, 0.717) is 0 Å². The van der Waals surface area contributed by atoms with E-state index >= 15 is 0 Å². The van der Waals surface area contributed by atoms with Crippen molar-refractivity contribution in [1.29, 1.82) is 0 Å². The molecule has 0 atom stereocenters. The zero-order valence-electron chi connectivity index (χ0n) is 16.7. The monoisotopic (exact) mass is 394 g/mol. The molecule has 4 rings (SSSR count). The summed E-state index contributed by atoms with van der Waals surface area (Å²) in [5.41, 5.74) is 6.73. The molecule has 4 heteroatoms. The molecule has 3 aromatic carbocycles. The van der Waals surface area contributed by atoms with E-state index in [2.05, 4.69) is 28.9 Å². The van der Waals surface area contributed by atoms with E-state index in [9.17, 15) is 5.11 Å². The van der Waals surface area contributed by atoms with E-state index in [0.717, 1.165) is 50.1 Å². The number of aliphatic hydroxyl groups is 1. The third-order valence-corrected chi connectivity index (χ3v) is 4.98. The van der Waals surface area contributed by atoms with Gasteiger partial charge in [0.05, 0.1) is 12.0 Å². The van der Waals surface area contributed by atoms with Crippen LogP contribution in [0.2, 0.25) is 0 Å². The molecule has 148 valence electrons. The first-order valence-corrected chi connectivity index (χ1v) is 9.73. The minimum atomic E-state index is 0.0494. The summed E-state index contributed by atoms with van der Waals surface area (Å²) in [7, 11) is 0. The fraction of sp³-hybridized carbons (Fsp3) is 0.0769. The predicted octanol–water partition coefficient (Wildman–Crippen LogP) is 6.27. The molecular formula is C26H22N2O2. The number of benzene rings is 3. The normalized spacial score (nSPS) is 11.7. The summed E-state index contributed by atoms with van der Waals surface area (Å²) in [4.78, 5) is 4.09. The number of aliphatic imine (C=N–C) groups is 1. The van der Waals surface area contributed by atoms with E-state index in [4.69, 9.17) is 4.52 Å². The molecule has 0 saturated carbocycles. The fourth-order valence-corrected chi connectivity index (χ4v) is 3.28. The molecule has 0 aliphatic rings. The molecular weight excluding hydrogens is 372 g/mol. The third-order valence-electron chi connectivity index (χ3n) is 4.98. The summed E-state index contributed by atoms with van der Waals surface area (Å²) in [6.07, 6.45) is 5.34. The maximum absolute atomic E-state index is 9.20. The van der Waals surface area contributed by atoms with Gasteiger partial charge >= 0.3 is 0 Å². The molecule has 1 heterocycles. The maximum atomic E-state index is 9.20. The lowest BCUT2D eigenvalue weighted by Gasteiger charge is -2.05. The van der Waals surface area contributed by atoms with Crippen LogP contribution in [0.15, 0.2) is 95.1 Å². The molecule has 0 aliphatic heterocycles. The highest BCUT2D eigenvalue weighted by atomic mass is 16.5. The Kier molecular flexibility index (Phi) is 5.68. The zero-order chi connectivity index (χ0) is 20.9. The van der Waals surface area contributed by atoms with Crippen molar-refractivity contribution in [2.75, 3.05) is 0 Å². The van der Waals surface area contributed by atoms with Gasteiger partial charge in [0.1, 0.15) is 5.52 Å². The number of aromatic nitrogens is 1. The minimum Gasteiger partial charge on any atom is -0.392 e. The molecule has 4 nitrogen and oxygen atoms in total. The van der Waals surface area contributed by atoms with Crippen LogP contribution in [0.1, 0.15) is 18.1 Å². The summed E-state index contributed by atoms with van der Waals surface area (Å²) in [6, 6.07) is 22.1. The number of aliphatic hydroxyl groups excluding tert-OH is 1. The van der Waals surface area contributed by atoms with Crippen molar-refractivity contribution in [3.8, 4) is 22.5 Å². The van der Waals surface area contributed by atoms with Crippen LogP contribution < -0.4 is 0 Å².